The number of nitrogens with zero attached hydrogens (tertiary/aromatic N) is 3. The summed E-state index contributed by atoms with van der Waals surface area (Å²) >= 11 is 0. The van der Waals surface area contributed by atoms with E-state index in [2.05, 4.69) is 0 Å². The number of hydrogen-bond donors (Lipinski definition) is 0. The molecular formula is C28H26F3N3O5. The Morgan fingerprint density at radius 1 is 1.08 bits per heavy atom. The van der Waals surface area contributed by atoms with E-state index in [1.54, 1.807) is 24.3 Å². The molecule has 8 nitrogen and oxygen atoms in total. The first-order chi connectivity index (χ1) is 18.6. The fourth-order valence-electron chi connectivity index (χ4n) is 4.56. The molecule has 3 aromatic rings. The van der Waals surface area contributed by atoms with Crippen molar-refractivity contribution in [3.05, 3.63) is 69.6 Å². The van der Waals surface area contributed by atoms with E-state index in [0.717, 1.165) is 0 Å². The minimum absolute atomic E-state index is 0.0921. The molecule has 3 amide bonds. The van der Waals surface area contributed by atoms with Crippen LogP contribution in [0.4, 0.5) is 23.7 Å². The average Bonchev–Trinajstić information content (AvgIpc) is 3.19. The van der Waals surface area contributed by atoms with Crippen LogP contribution in [-0.4, -0.2) is 36.5 Å². The molecule has 1 aromatic heterocycles. The van der Waals surface area contributed by atoms with Crippen LogP contribution < -0.4 is 15.3 Å². The minimum Gasteiger partial charge on any atom is -0.493 e. The first-order valence-corrected chi connectivity index (χ1v) is 12.6. The number of alkyl halides is 3. The van der Waals surface area contributed by atoms with Crippen molar-refractivity contribution in [2.45, 2.75) is 45.2 Å². The second-order valence-electron chi connectivity index (χ2n) is 9.13. The Balaban J connectivity index is 1.35. The Morgan fingerprint density at radius 2 is 1.87 bits per heavy atom. The van der Waals surface area contributed by atoms with Gasteiger partial charge in [-0.15, -0.1) is 0 Å². The number of amides is 3. The van der Waals surface area contributed by atoms with Crippen molar-refractivity contribution in [2.75, 3.05) is 24.6 Å². The fourth-order valence-corrected chi connectivity index (χ4v) is 4.56. The van der Waals surface area contributed by atoms with Gasteiger partial charge in [-0.1, -0.05) is 19.4 Å². The van der Waals surface area contributed by atoms with E-state index in [4.69, 9.17) is 14.4 Å². The summed E-state index contributed by atoms with van der Waals surface area (Å²) in [7, 11) is 0. The lowest BCUT2D eigenvalue weighted by Crippen LogP contribution is -2.33. The molecule has 39 heavy (non-hydrogen) atoms. The van der Waals surface area contributed by atoms with Gasteiger partial charge in [0.25, 0.3) is 5.91 Å². The van der Waals surface area contributed by atoms with Crippen LogP contribution >= 0.6 is 0 Å². The van der Waals surface area contributed by atoms with Crippen LogP contribution in [0.15, 0.2) is 51.7 Å². The lowest BCUT2D eigenvalue weighted by Gasteiger charge is -2.17. The highest BCUT2D eigenvalue weighted by Gasteiger charge is 2.36. The van der Waals surface area contributed by atoms with Gasteiger partial charge in [0.15, 0.2) is 0 Å². The topological polar surface area (TPSA) is 104 Å². The van der Waals surface area contributed by atoms with Crippen molar-refractivity contribution in [2.24, 2.45) is 0 Å². The number of ether oxygens (including phenoxy) is 1. The van der Waals surface area contributed by atoms with Crippen molar-refractivity contribution in [3.63, 3.8) is 0 Å². The quantitative estimate of drug-likeness (QED) is 0.187. The molecule has 1 fully saturated rings. The summed E-state index contributed by atoms with van der Waals surface area (Å²) in [5.41, 5.74) is -0.953. The molecule has 0 bridgehead atoms. The molecule has 0 spiro atoms. The number of imide groups is 1. The summed E-state index contributed by atoms with van der Waals surface area (Å²) in [6.07, 6.45) is -1.99. The van der Waals surface area contributed by atoms with Gasteiger partial charge >= 0.3 is 17.8 Å². The number of unbranched alkanes of at least 4 members (excludes halogenated alkanes) is 2. The molecule has 0 unspecified atom stereocenters. The lowest BCUT2D eigenvalue weighted by molar-refractivity contribution is -0.136. The number of nitriles is 1. The Kier molecular flexibility index (Phi) is 8.24. The van der Waals surface area contributed by atoms with E-state index in [1.165, 1.54) is 21.9 Å². The van der Waals surface area contributed by atoms with Crippen molar-refractivity contribution in [1.29, 1.82) is 5.26 Å². The standard InChI is InChI=1S/C28H26F3N3O5/c1-2-7-21-23(11-10-20-22(28(29,30)31)15-25(36)39-26(20)21)38-13-5-3-4-12-33-24(35)17-34(27(33)37)19-9-6-8-18(14-19)16-32/h6,8-11,14-15H,2-5,7,12-13,17H2,1H3. The third kappa shape index (κ3) is 6.06. The molecule has 0 N–H and O–H groups in total. The molecule has 0 aliphatic carbocycles. The maximum Gasteiger partial charge on any atom is 0.417 e. The van der Waals surface area contributed by atoms with Gasteiger partial charge in [0.05, 0.1) is 23.8 Å². The number of halogens is 3. The predicted octanol–water partition coefficient (Wildman–Crippen LogP) is 5.65. The number of anilines is 1. The van der Waals surface area contributed by atoms with E-state index in [1.807, 2.05) is 13.0 Å². The van der Waals surface area contributed by atoms with Gasteiger partial charge in [-0.3, -0.25) is 14.6 Å². The highest BCUT2D eigenvalue weighted by Crippen LogP contribution is 2.37. The van der Waals surface area contributed by atoms with Crippen LogP contribution in [0.25, 0.3) is 11.0 Å². The van der Waals surface area contributed by atoms with Crippen molar-refractivity contribution in [3.8, 4) is 11.8 Å². The number of benzene rings is 2. The molecule has 11 heteroatoms. The number of hydrogen-bond acceptors (Lipinski definition) is 6. The zero-order valence-electron chi connectivity index (χ0n) is 21.2. The first-order valence-electron chi connectivity index (χ1n) is 12.6. The van der Waals surface area contributed by atoms with E-state index in [-0.39, 0.29) is 36.6 Å². The van der Waals surface area contributed by atoms with Crippen LogP contribution in [0.2, 0.25) is 0 Å². The number of carbonyl (C=O) groups excluding carboxylic acids is 2. The van der Waals surface area contributed by atoms with Gasteiger partial charge < -0.3 is 9.15 Å². The first kappa shape index (κ1) is 27.7. The van der Waals surface area contributed by atoms with Gasteiger partial charge in [0.1, 0.15) is 17.9 Å². The van der Waals surface area contributed by atoms with Crippen LogP contribution in [0.5, 0.6) is 5.75 Å². The Labute approximate surface area is 222 Å². The van der Waals surface area contributed by atoms with Crippen molar-refractivity contribution in [1.82, 2.24) is 4.90 Å². The smallest absolute Gasteiger partial charge is 0.417 e. The van der Waals surface area contributed by atoms with Crippen LogP contribution in [-0.2, 0) is 17.4 Å². The predicted molar refractivity (Wildman–Crippen MR) is 136 cm³/mol. The molecule has 0 radical (unpaired) electrons. The highest BCUT2D eigenvalue weighted by molar-refractivity contribution is 6.12. The minimum atomic E-state index is -4.70. The van der Waals surface area contributed by atoms with E-state index in [0.29, 0.717) is 60.7 Å². The van der Waals surface area contributed by atoms with Gasteiger partial charge in [-0.25, -0.2) is 9.59 Å². The number of fused-ring (bicyclic) bond motifs is 1. The largest absolute Gasteiger partial charge is 0.493 e. The SMILES string of the molecule is CCCc1c(OCCCCCN2C(=O)CN(c3cccc(C#N)c3)C2=O)ccc2c(C(F)(F)F)cc(=O)oc12. The van der Waals surface area contributed by atoms with Gasteiger partial charge in [-0.2, -0.15) is 18.4 Å². The van der Waals surface area contributed by atoms with E-state index >= 15 is 0 Å². The Morgan fingerprint density at radius 3 is 2.59 bits per heavy atom. The number of rotatable bonds is 10. The summed E-state index contributed by atoms with van der Waals surface area (Å²) in [5, 5.41) is 8.89. The molecule has 204 valence electrons. The van der Waals surface area contributed by atoms with Crippen LogP contribution in [0, 0.1) is 11.3 Å². The van der Waals surface area contributed by atoms with Gasteiger partial charge in [0.2, 0.25) is 0 Å². The monoisotopic (exact) mass is 541 g/mol. The molecule has 1 aliphatic heterocycles. The van der Waals surface area contributed by atoms with Crippen LogP contribution in [0.1, 0.15) is 49.3 Å². The number of urea groups is 1. The third-order valence-electron chi connectivity index (χ3n) is 6.40. The Bertz CT molecular complexity index is 1490. The van der Waals surface area contributed by atoms with E-state index in [9.17, 15) is 27.6 Å². The normalized spacial score (nSPS) is 13.8. The number of aryl methyl sites for hydroxylation is 1. The molecule has 2 aromatic carbocycles. The molecule has 1 saturated heterocycles. The summed E-state index contributed by atoms with van der Waals surface area (Å²) in [6, 6.07) is 11.2. The summed E-state index contributed by atoms with van der Waals surface area (Å²) in [6.45, 7) is 2.25. The van der Waals surface area contributed by atoms with E-state index < -0.39 is 23.4 Å². The third-order valence-corrected chi connectivity index (χ3v) is 6.40. The molecule has 2 heterocycles. The Hall–Kier alpha value is -4.33. The second kappa shape index (κ2) is 11.6. The zero-order chi connectivity index (χ0) is 28.2. The summed E-state index contributed by atoms with van der Waals surface area (Å²) in [4.78, 5) is 39.6. The van der Waals surface area contributed by atoms with Crippen molar-refractivity contribution >= 4 is 28.6 Å². The maximum atomic E-state index is 13.5. The van der Waals surface area contributed by atoms with Crippen LogP contribution in [0.3, 0.4) is 0 Å². The molecular weight excluding hydrogens is 515 g/mol. The lowest BCUT2D eigenvalue weighted by atomic mass is 10.0. The zero-order valence-corrected chi connectivity index (χ0v) is 21.2. The average molecular weight is 542 g/mol. The van der Waals surface area contributed by atoms with Gasteiger partial charge in [0, 0.05) is 29.2 Å². The molecule has 4 rings (SSSR count). The maximum absolute atomic E-state index is 13.5. The summed E-state index contributed by atoms with van der Waals surface area (Å²) < 4.78 is 51.4. The molecule has 0 atom stereocenters. The number of carbonyl (C=O) groups is 2. The molecule has 1 aliphatic rings. The fraction of sp³-hybridized carbons (Fsp3) is 0.357. The highest BCUT2D eigenvalue weighted by atomic mass is 19.4. The second-order valence-corrected chi connectivity index (χ2v) is 9.13. The van der Waals surface area contributed by atoms with Crippen molar-refractivity contribution < 1.29 is 31.9 Å². The summed E-state index contributed by atoms with van der Waals surface area (Å²) in [5.74, 6) is 0.0330. The van der Waals surface area contributed by atoms with Gasteiger partial charge in [-0.05, 0) is 56.0 Å². The molecule has 0 saturated carbocycles.